The minimum atomic E-state index is -0.499. The van der Waals surface area contributed by atoms with Crippen molar-refractivity contribution in [2.24, 2.45) is 5.41 Å². The molecule has 0 spiro atoms. The van der Waals surface area contributed by atoms with E-state index in [0.717, 1.165) is 12.0 Å². The molecular weight excluding hydrogens is 276 g/mol. The topological polar surface area (TPSA) is 35.5 Å². The van der Waals surface area contributed by atoms with Gasteiger partial charge in [0.05, 0.1) is 11.5 Å². The van der Waals surface area contributed by atoms with Crippen molar-refractivity contribution in [2.45, 2.75) is 33.3 Å². The molecule has 0 aliphatic heterocycles. The van der Waals surface area contributed by atoms with Crippen LogP contribution in [0.25, 0.3) is 0 Å². The van der Waals surface area contributed by atoms with Crippen molar-refractivity contribution < 1.29 is 14.3 Å². The van der Waals surface area contributed by atoms with Gasteiger partial charge in [0.15, 0.2) is 6.61 Å². The van der Waals surface area contributed by atoms with E-state index in [1.807, 2.05) is 57.2 Å². The van der Waals surface area contributed by atoms with Gasteiger partial charge in [-0.15, -0.1) is 6.58 Å². The number of hydrogen-bond acceptors (Lipinski definition) is 3. The Hall–Kier alpha value is -2.05. The van der Waals surface area contributed by atoms with Gasteiger partial charge in [-0.05, 0) is 32.8 Å². The first-order chi connectivity index (χ1) is 10.4. The first-order valence-corrected chi connectivity index (χ1v) is 7.35. The minimum Gasteiger partial charge on any atom is -0.452 e. The molecule has 3 heteroatoms. The smallest absolute Gasteiger partial charge is 0.312 e. The van der Waals surface area contributed by atoms with Crippen molar-refractivity contribution in [3.05, 3.63) is 48.6 Å². The van der Waals surface area contributed by atoms with Gasteiger partial charge >= 0.3 is 5.97 Å². The van der Waals surface area contributed by atoms with Gasteiger partial charge < -0.3 is 9.47 Å². The summed E-state index contributed by atoms with van der Waals surface area (Å²) in [6.45, 7) is 9.57. The van der Waals surface area contributed by atoms with Crippen LogP contribution in [0.4, 0.5) is 0 Å². The Kier molecular flexibility index (Phi) is 7.42. The summed E-state index contributed by atoms with van der Waals surface area (Å²) in [5.74, 6) is 5.41. The number of carbonyl (C=O) groups is 1. The molecule has 0 amide bonds. The summed E-state index contributed by atoms with van der Waals surface area (Å²) in [6.07, 6.45) is 2.51. The molecule has 0 bridgehead atoms. The van der Waals surface area contributed by atoms with E-state index in [1.165, 1.54) is 0 Å². The Balaban J connectivity index is 2.40. The highest BCUT2D eigenvalue weighted by Gasteiger charge is 2.22. The fourth-order valence-electron chi connectivity index (χ4n) is 1.68. The minimum absolute atomic E-state index is 0.0508. The predicted molar refractivity (Wildman–Crippen MR) is 88.1 cm³/mol. The largest absolute Gasteiger partial charge is 0.452 e. The molecule has 1 unspecified atom stereocenters. The zero-order valence-electron chi connectivity index (χ0n) is 13.6. The molecule has 0 aliphatic carbocycles. The normalized spacial score (nSPS) is 12.0. The molecule has 1 atom stereocenters. The van der Waals surface area contributed by atoms with E-state index < -0.39 is 5.41 Å². The third-order valence-corrected chi connectivity index (χ3v) is 2.92. The maximum atomic E-state index is 11.5. The monoisotopic (exact) mass is 300 g/mol. The lowest BCUT2D eigenvalue weighted by atomic mass is 9.97. The van der Waals surface area contributed by atoms with Crippen LogP contribution in [-0.4, -0.2) is 19.2 Å². The molecule has 0 fully saturated rings. The van der Waals surface area contributed by atoms with Gasteiger partial charge in [0.25, 0.3) is 0 Å². The maximum absolute atomic E-state index is 11.5. The van der Waals surface area contributed by atoms with Crippen LogP contribution >= 0.6 is 0 Å². The van der Waals surface area contributed by atoms with E-state index in [0.29, 0.717) is 6.61 Å². The van der Waals surface area contributed by atoms with Gasteiger partial charge in [0.2, 0.25) is 0 Å². The summed E-state index contributed by atoms with van der Waals surface area (Å²) in [4.78, 5) is 11.5. The fraction of sp³-hybridized carbons (Fsp3) is 0.421. The van der Waals surface area contributed by atoms with Crippen molar-refractivity contribution in [1.29, 1.82) is 0 Å². The van der Waals surface area contributed by atoms with Crippen molar-refractivity contribution in [3.8, 4) is 11.8 Å². The molecule has 118 valence electrons. The van der Waals surface area contributed by atoms with Crippen LogP contribution in [0.2, 0.25) is 0 Å². The Morgan fingerprint density at radius 2 is 1.86 bits per heavy atom. The molecule has 0 N–H and O–H groups in total. The second-order valence-electron chi connectivity index (χ2n) is 5.91. The third-order valence-electron chi connectivity index (χ3n) is 2.92. The lowest BCUT2D eigenvalue weighted by molar-refractivity contribution is -0.151. The molecule has 0 radical (unpaired) electrons. The summed E-state index contributed by atoms with van der Waals surface area (Å²) >= 11 is 0. The molecule has 0 aromatic heterocycles. The lowest BCUT2D eigenvalue weighted by Gasteiger charge is -2.15. The molecule has 3 nitrogen and oxygen atoms in total. The first-order valence-electron chi connectivity index (χ1n) is 7.35. The van der Waals surface area contributed by atoms with Crippen LogP contribution in [0.3, 0.4) is 0 Å². The van der Waals surface area contributed by atoms with E-state index in [1.54, 1.807) is 0 Å². The van der Waals surface area contributed by atoms with Crippen LogP contribution in [0.5, 0.6) is 0 Å². The molecule has 0 saturated carbocycles. The number of benzene rings is 1. The predicted octanol–water partition coefficient (Wildman–Crippen LogP) is 3.91. The molecule has 0 aliphatic rings. The Labute approximate surface area is 133 Å². The van der Waals surface area contributed by atoms with E-state index >= 15 is 0 Å². The number of ether oxygens (including phenoxy) is 2. The van der Waals surface area contributed by atoms with Gasteiger partial charge in [-0.2, -0.15) is 0 Å². The maximum Gasteiger partial charge on any atom is 0.312 e. The van der Waals surface area contributed by atoms with Gasteiger partial charge in [-0.25, -0.2) is 0 Å². The Morgan fingerprint density at radius 3 is 2.45 bits per heavy atom. The summed E-state index contributed by atoms with van der Waals surface area (Å²) in [7, 11) is 0. The number of esters is 1. The van der Waals surface area contributed by atoms with E-state index in [9.17, 15) is 4.79 Å². The molecule has 1 aromatic rings. The highest BCUT2D eigenvalue weighted by Crippen LogP contribution is 2.20. The van der Waals surface area contributed by atoms with Crippen LogP contribution in [0.15, 0.2) is 43.0 Å². The third kappa shape index (κ3) is 6.60. The quantitative estimate of drug-likeness (QED) is 0.454. The van der Waals surface area contributed by atoms with Gasteiger partial charge in [0.1, 0.15) is 6.61 Å². The molecule has 1 aromatic carbocycles. The van der Waals surface area contributed by atoms with Crippen LogP contribution in [0, 0.1) is 17.3 Å². The first kappa shape index (κ1) is 18.0. The van der Waals surface area contributed by atoms with Crippen molar-refractivity contribution in [1.82, 2.24) is 0 Å². The second-order valence-corrected chi connectivity index (χ2v) is 5.91. The molecule has 0 saturated heterocycles. The SMILES string of the molecule is C=CCC(OCC#CCOC(=O)C(C)(C)C)c1ccccc1. The zero-order valence-corrected chi connectivity index (χ0v) is 13.6. The van der Waals surface area contributed by atoms with Crippen molar-refractivity contribution >= 4 is 5.97 Å². The molecular formula is C19H24O3. The number of carbonyl (C=O) groups excluding carboxylic acids is 1. The fourth-order valence-corrected chi connectivity index (χ4v) is 1.68. The average molecular weight is 300 g/mol. The van der Waals surface area contributed by atoms with Gasteiger partial charge in [-0.3, -0.25) is 4.79 Å². The van der Waals surface area contributed by atoms with Crippen molar-refractivity contribution in [2.75, 3.05) is 13.2 Å². The molecule has 1 rings (SSSR count). The van der Waals surface area contributed by atoms with Crippen LogP contribution in [0.1, 0.15) is 38.9 Å². The summed E-state index contributed by atoms with van der Waals surface area (Å²) < 4.78 is 10.8. The summed E-state index contributed by atoms with van der Waals surface area (Å²) in [5.41, 5.74) is 0.601. The number of hydrogen-bond donors (Lipinski definition) is 0. The van der Waals surface area contributed by atoms with Gasteiger partial charge in [-0.1, -0.05) is 48.2 Å². The highest BCUT2D eigenvalue weighted by molar-refractivity contribution is 5.75. The van der Waals surface area contributed by atoms with E-state index in [4.69, 9.17) is 9.47 Å². The van der Waals surface area contributed by atoms with Crippen LogP contribution in [-0.2, 0) is 14.3 Å². The van der Waals surface area contributed by atoms with Gasteiger partial charge in [0, 0.05) is 0 Å². The summed E-state index contributed by atoms with van der Waals surface area (Å²) in [5, 5.41) is 0. The van der Waals surface area contributed by atoms with E-state index in [-0.39, 0.29) is 18.7 Å². The Bertz CT molecular complexity index is 529. The molecule has 0 heterocycles. The Morgan fingerprint density at radius 1 is 1.23 bits per heavy atom. The number of rotatable bonds is 6. The van der Waals surface area contributed by atoms with E-state index in [2.05, 4.69) is 18.4 Å². The van der Waals surface area contributed by atoms with Crippen LogP contribution < -0.4 is 0 Å². The zero-order chi connectivity index (χ0) is 16.4. The van der Waals surface area contributed by atoms with Crippen molar-refractivity contribution in [3.63, 3.8) is 0 Å². The molecule has 22 heavy (non-hydrogen) atoms. The summed E-state index contributed by atoms with van der Waals surface area (Å²) in [6, 6.07) is 9.97. The second kappa shape index (κ2) is 9.07. The lowest BCUT2D eigenvalue weighted by Crippen LogP contribution is -2.23. The average Bonchev–Trinajstić information content (AvgIpc) is 2.49. The highest BCUT2D eigenvalue weighted by atomic mass is 16.5. The standard InChI is InChI=1S/C19H24O3/c1-5-11-17(16-12-7-6-8-13-16)21-14-9-10-15-22-18(20)19(2,3)4/h5-8,12-13,17H,1,11,14-15H2,2-4H3.